The van der Waals surface area contributed by atoms with Crippen LogP contribution in [0.1, 0.15) is 19.3 Å². The van der Waals surface area contributed by atoms with Gasteiger partial charge in [-0.05, 0) is 37.1 Å². The number of sulfonamides is 1. The monoisotopic (exact) mass is 509 g/mol. The Hall–Kier alpha value is -1.94. The van der Waals surface area contributed by atoms with Gasteiger partial charge in [-0.2, -0.15) is 4.31 Å². The van der Waals surface area contributed by atoms with Crippen molar-refractivity contribution in [2.24, 2.45) is 0 Å². The van der Waals surface area contributed by atoms with Crippen LogP contribution < -0.4 is 10.1 Å². The van der Waals surface area contributed by atoms with Gasteiger partial charge in [-0.3, -0.25) is 0 Å². The molecule has 0 unspecified atom stereocenters. The molecule has 0 bridgehead atoms. The molecule has 1 aromatic heterocycles. The summed E-state index contributed by atoms with van der Waals surface area (Å²) in [7, 11) is -1.78. The second kappa shape index (κ2) is 9.91. The number of hydrogen-bond acceptors (Lipinski definition) is 6. The lowest BCUT2D eigenvalue weighted by Crippen LogP contribution is -2.35. The molecule has 2 aromatic carbocycles. The van der Waals surface area contributed by atoms with E-state index < -0.39 is 10.0 Å². The van der Waals surface area contributed by atoms with Gasteiger partial charge in [0, 0.05) is 24.0 Å². The molecule has 3 aromatic rings. The Kier molecular flexibility index (Phi) is 7.51. The minimum absolute atomic E-state index is 0. The number of para-hydroxylation sites is 2. The third-order valence-electron chi connectivity index (χ3n) is 4.96. The van der Waals surface area contributed by atoms with Crippen molar-refractivity contribution in [2.75, 3.05) is 25.5 Å². The van der Waals surface area contributed by atoms with E-state index in [0.717, 1.165) is 47.1 Å². The van der Waals surface area contributed by atoms with Gasteiger partial charge in [0.25, 0.3) is 0 Å². The molecule has 6 nitrogen and oxygen atoms in total. The molecular formula is C21H24BrN3O3S2. The summed E-state index contributed by atoms with van der Waals surface area (Å²) in [5.74, 6) is 0.747. The first-order valence-corrected chi connectivity index (χ1v) is 11.9. The molecule has 0 spiro atoms. The number of hydrogen-bond donors (Lipinski definition) is 1. The lowest BCUT2D eigenvalue weighted by Gasteiger charge is -2.25. The number of ether oxygens (including phenoxy) is 1. The minimum atomic E-state index is -3.41. The van der Waals surface area contributed by atoms with Crippen LogP contribution in [0, 0.1) is 0 Å². The third-order valence-corrected chi connectivity index (χ3v) is 7.63. The highest BCUT2D eigenvalue weighted by molar-refractivity contribution is 8.93. The Morgan fingerprint density at radius 3 is 2.43 bits per heavy atom. The van der Waals surface area contributed by atoms with Gasteiger partial charge < -0.3 is 10.1 Å². The van der Waals surface area contributed by atoms with Gasteiger partial charge >= 0.3 is 0 Å². The standard InChI is InChI=1S/C21H23N3O3S2.BrH/c1-27-20-8-4-3-7-18(20)22-21-23-19(15-28-21)16-9-11-17(12-10-16)29(25,26)24-13-5-2-6-14-24;/h3-4,7-12,15H,2,5-6,13-14H2,1H3,(H,22,23);1H. The van der Waals surface area contributed by atoms with E-state index in [1.807, 2.05) is 41.8 Å². The molecule has 160 valence electrons. The van der Waals surface area contributed by atoms with Crippen molar-refractivity contribution in [1.82, 2.24) is 9.29 Å². The zero-order chi connectivity index (χ0) is 20.3. The van der Waals surface area contributed by atoms with Gasteiger partial charge in [-0.15, -0.1) is 28.3 Å². The topological polar surface area (TPSA) is 71.5 Å². The van der Waals surface area contributed by atoms with E-state index >= 15 is 0 Å². The maximum atomic E-state index is 12.8. The van der Waals surface area contributed by atoms with Crippen LogP contribution in [0.4, 0.5) is 10.8 Å². The van der Waals surface area contributed by atoms with Crippen molar-refractivity contribution in [3.8, 4) is 17.0 Å². The zero-order valence-electron chi connectivity index (χ0n) is 16.6. The number of nitrogens with zero attached hydrogens (tertiary/aromatic N) is 2. The number of thiazole rings is 1. The van der Waals surface area contributed by atoms with Crippen molar-refractivity contribution in [3.05, 3.63) is 53.9 Å². The summed E-state index contributed by atoms with van der Waals surface area (Å²) in [4.78, 5) is 4.96. The van der Waals surface area contributed by atoms with Crippen LogP contribution >= 0.6 is 28.3 Å². The molecule has 0 saturated carbocycles. The molecule has 0 amide bonds. The summed E-state index contributed by atoms with van der Waals surface area (Å²) in [6.07, 6.45) is 2.95. The predicted molar refractivity (Wildman–Crippen MR) is 127 cm³/mol. The van der Waals surface area contributed by atoms with Crippen LogP contribution in [0.5, 0.6) is 5.75 Å². The number of aromatic nitrogens is 1. The summed E-state index contributed by atoms with van der Waals surface area (Å²) < 4.78 is 32.5. The van der Waals surface area contributed by atoms with Crippen LogP contribution in [-0.2, 0) is 10.0 Å². The molecule has 4 rings (SSSR count). The molecule has 2 heterocycles. The SMILES string of the molecule is Br.COc1ccccc1Nc1nc(-c2ccc(S(=O)(=O)N3CCCCC3)cc2)cs1. The van der Waals surface area contributed by atoms with Gasteiger partial charge in [0.15, 0.2) is 5.13 Å². The molecule has 1 fully saturated rings. The van der Waals surface area contributed by atoms with Crippen LogP contribution in [0.25, 0.3) is 11.3 Å². The molecular weight excluding hydrogens is 486 g/mol. The lowest BCUT2D eigenvalue weighted by molar-refractivity contribution is 0.346. The number of benzene rings is 2. The Labute approximate surface area is 191 Å². The maximum Gasteiger partial charge on any atom is 0.243 e. The van der Waals surface area contributed by atoms with Crippen LogP contribution in [0.3, 0.4) is 0 Å². The molecule has 1 aliphatic heterocycles. The van der Waals surface area contributed by atoms with E-state index in [0.29, 0.717) is 18.0 Å². The van der Waals surface area contributed by atoms with Crippen LogP contribution in [-0.4, -0.2) is 37.9 Å². The first-order chi connectivity index (χ1) is 14.1. The summed E-state index contributed by atoms with van der Waals surface area (Å²) >= 11 is 1.49. The van der Waals surface area contributed by atoms with E-state index in [2.05, 4.69) is 10.3 Å². The highest BCUT2D eigenvalue weighted by atomic mass is 79.9. The average molecular weight is 510 g/mol. The van der Waals surface area contributed by atoms with Crippen molar-refractivity contribution >= 4 is 49.2 Å². The highest BCUT2D eigenvalue weighted by Gasteiger charge is 2.25. The summed E-state index contributed by atoms with van der Waals surface area (Å²) in [5, 5.41) is 5.97. The van der Waals surface area contributed by atoms with Crippen LogP contribution in [0.15, 0.2) is 58.8 Å². The Morgan fingerprint density at radius 2 is 1.73 bits per heavy atom. The van der Waals surface area contributed by atoms with Gasteiger partial charge in [0.2, 0.25) is 10.0 Å². The number of anilines is 2. The quantitative estimate of drug-likeness (QED) is 0.487. The number of piperidine rings is 1. The molecule has 0 radical (unpaired) electrons. The second-order valence-electron chi connectivity index (χ2n) is 6.85. The highest BCUT2D eigenvalue weighted by Crippen LogP contribution is 2.31. The largest absolute Gasteiger partial charge is 0.495 e. The third kappa shape index (κ3) is 4.85. The molecule has 0 aliphatic carbocycles. The van der Waals surface area contributed by atoms with E-state index in [1.165, 1.54) is 11.3 Å². The zero-order valence-corrected chi connectivity index (χ0v) is 19.9. The van der Waals surface area contributed by atoms with E-state index in [9.17, 15) is 8.42 Å². The minimum Gasteiger partial charge on any atom is -0.495 e. The van der Waals surface area contributed by atoms with Gasteiger partial charge in [-0.25, -0.2) is 13.4 Å². The first kappa shape index (κ1) is 22.7. The Balaban J connectivity index is 0.00000256. The fraction of sp³-hybridized carbons (Fsp3) is 0.286. The Morgan fingerprint density at radius 1 is 1.03 bits per heavy atom. The predicted octanol–water partition coefficient (Wildman–Crippen LogP) is 5.31. The van der Waals surface area contributed by atoms with Crippen molar-refractivity contribution in [3.63, 3.8) is 0 Å². The fourth-order valence-corrected chi connectivity index (χ4v) is 5.63. The molecule has 1 aliphatic rings. The molecule has 1 saturated heterocycles. The maximum absolute atomic E-state index is 12.8. The summed E-state index contributed by atoms with van der Waals surface area (Å²) in [6.45, 7) is 1.21. The molecule has 9 heteroatoms. The molecule has 0 atom stereocenters. The Bertz CT molecular complexity index is 1080. The molecule has 1 N–H and O–H groups in total. The first-order valence-electron chi connectivity index (χ1n) is 9.54. The van der Waals surface area contributed by atoms with Crippen molar-refractivity contribution in [2.45, 2.75) is 24.2 Å². The summed E-state index contributed by atoms with van der Waals surface area (Å²) in [6, 6.07) is 14.6. The smallest absolute Gasteiger partial charge is 0.243 e. The fourth-order valence-electron chi connectivity index (χ4n) is 3.38. The lowest BCUT2D eigenvalue weighted by atomic mass is 10.2. The van der Waals surface area contributed by atoms with Crippen LogP contribution in [0.2, 0.25) is 0 Å². The number of nitrogens with one attached hydrogen (secondary N) is 1. The summed E-state index contributed by atoms with van der Waals surface area (Å²) in [5.41, 5.74) is 2.53. The second-order valence-corrected chi connectivity index (χ2v) is 9.65. The van der Waals surface area contributed by atoms with E-state index in [4.69, 9.17) is 4.74 Å². The number of halogens is 1. The van der Waals surface area contributed by atoms with Crippen molar-refractivity contribution < 1.29 is 13.2 Å². The molecule has 30 heavy (non-hydrogen) atoms. The van der Waals surface area contributed by atoms with Gasteiger partial charge in [0.1, 0.15) is 5.75 Å². The average Bonchev–Trinajstić information content (AvgIpc) is 3.23. The number of methoxy groups -OCH3 is 1. The normalized spacial score (nSPS) is 14.7. The van der Waals surface area contributed by atoms with Gasteiger partial charge in [0.05, 0.1) is 23.4 Å². The number of rotatable bonds is 6. The van der Waals surface area contributed by atoms with Gasteiger partial charge in [-0.1, -0.05) is 30.7 Å². The van der Waals surface area contributed by atoms with E-state index in [-0.39, 0.29) is 17.0 Å². The van der Waals surface area contributed by atoms with E-state index in [1.54, 1.807) is 23.5 Å². The van der Waals surface area contributed by atoms with Crippen molar-refractivity contribution in [1.29, 1.82) is 0 Å².